The molecule has 3 N–H and O–H groups in total. The van der Waals surface area contributed by atoms with Crippen molar-refractivity contribution in [3.05, 3.63) is 35.1 Å². The van der Waals surface area contributed by atoms with Crippen LogP contribution in [0.5, 0.6) is 0 Å². The van der Waals surface area contributed by atoms with E-state index in [1.807, 2.05) is 0 Å². The third-order valence-electron chi connectivity index (χ3n) is 2.17. The summed E-state index contributed by atoms with van der Waals surface area (Å²) in [6, 6.07) is 4.70. The summed E-state index contributed by atoms with van der Waals surface area (Å²) in [4.78, 5) is 15.2. The summed E-state index contributed by atoms with van der Waals surface area (Å²) in [5, 5.41) is 0. The Morgan fingerprint density at radius 1 is 1.62 bits per heavy atom. The number of halogens is 1. The molecule has 0 heterocycles. The number of benzene rings is 1. The number of aryl methyl sites for hydroxylation is 1. The lowest BCUT2D eigenvalue weighted by Crippen LogP contribution is -2.26. The number of hydrogen-bond acceptors (Lipinski definition) is 3. The molecule has 1 atom stereocenters. The Balaban J connectivity index is 2.55. The van der Waals surface area contributed by atoms with Crippen LogP contribution in [0.1, 0.15) is 24.1 Å². The maximum absolute atomic E-state index is 13.2. The second kappa shape index (κ2) is 5.58. The van der Waals surface area contributed by atoms with Crippen molar-refractivity contribution in [3.63, 3.8) is 0 Å². The normalized spacial score (nSPS) is 12.4. The van der Waals surface area contributed by atoms with Crippen LogP contribution in [0, 0.1) is 12.7 Å². The third kappa shape index (κ3) is 3.60. The molecule has 16 heavy (non-hydrogen) atoms. The van der Waals surface area contributed by atoms with Crippen LogP contribution in [0.4, 0.5) is 4.39 Å². The quantitative estimate of drug-likeness (QED) is 0.741. The molecule has 0 spiro atoms. The van der Waals surface area contributed by atoms with Gasteiger partial charge in [0.05, 0.1) is 6.04 Å². The van der Waals surface area contributed by atoms with Crippen LogP contribution >= 0.6 is 0 Å². The van der Waals surface area contributed by atoms with Gasteiger partial charge >= 0.3 is 0 Å². The fraction of sp³-hybridized carbons (Fsp3) is 0.364. The highest BCUT2D eigenvalue weighted by Crippen LogP contribution is 2.15. The molecular formula is C11H15FN2O2. The number of amides is 1. The first-order valence-corrected chi connectivity index (χ1v) is 4.92. The molecule has 0 aliphatic carbocycles. The van der Waals surface area contributed by atoms with Crippen molar-refractivity contribution in [2.24, 2.45) is 5.73 Å². The van der Waals surface area contributed by atoms with Gasteiger partial charge in [0.2, 0.25) is 5.91 Å². The third-order valence-corrected chi connectivity index (χ3v) is 2.17. The highest BCUT2D eigenvalue weighted by atomic mass is 19.1. The van der Waals surface area contributed by atoms with E-state index in [9.17, 15) is 9.18 Å². The Kier molecular flexibility index (Phi) is 4.39. The highest BCUT2D eigenvalue weighted by Gasteiger charge is 2.07. The van der Waals surface area contributed by atoms with Crippen molar-refractivity contribution in [1.82, 2.24) is 5.48 Å². The summed E-state index contributed by atoms with van der Waals surface area (Å²) >= 11 is 0. The van der Waals surface area contributed by atoms with Gasteiger partial charge in [-0.3, -0.25) is 9.63 Å². The fourth-order valence-corrected chi connectivity index (χ4v) is 1.18. The SMILES string of the molecule is Cc1ccc(C(C)NOCC(N)=O)cc1F. The average molecular weight is 226 g/mol. The van der Waals surface area contributed by atoms with Gasteiger partial charge in [-0.05, 0) is 31.0 Å². The van der Waals surface area contributed by atoms with E-state index in [0.29, 0.717) is 5.56 Å². The maximum atomic E-state index is 13.2. The predicted octanol–water partition coefficient (Wildman–Crippen LogP) is 1.20. The molecule has 1 rings (SSSR count). The first-order chi connectivity index (χ1) is 7.50. The van der Waals surface area contributed by atoms with Gasteiger partial charge in [0.1, 0.15) is 12.4 Å². The minimum absolute atomic E-state index is 0.210. The molecule has 1 unspecified atom stereocenters. The summed E-state index contributed by atoms with van der Waals surface area (Å²) in [5.41, 5.74) is 8.84. The standard InChI is InChI=1S/C11H15FN2O2/c1-7-3-4-9(5-10(7)12)8(2)14-16-6-11(13)15/h3-5,8,14H,6H2,1-2H3,(H2,13,15). The molecule has 0 aliphatic rings. The zero-order chi connectivity index (χ0) is 12.1. The van der Waals surface area contributed by atoms with Crippen LogP contribution in [0.3, 0.4) is 0 Å². The molecule has 0 saturated heterocycles. The van der Waals surface area contributed by atoms with Crippen LogP contribution < -0.4 is 11.2 Å². The molecular weight excluding hydrogens is 211 g/mol. The second-order valence-electron chi connectivity index (χ2n) is 3.60. The van der Waals surface area contributed by atoms with E-state index in [4.69, 9.17) is 10.6 Å². The lowest BCUT2D eigenvalue weighted by Gasteiger charge is -2.13. The van der Waals surface area contributed by atoms with Crippen molar-refractivity contribution in [2.45, 2.75) is 19.9 Å². The van der Waals surface area contributed by atoms with E-state index in [-0.39, 0.29) is 18.5 Å². The highest BCUT2D eigenvalue weighted by molar-refractivity contribution is 5.74. The van der Waals surface area contributed by atoms with Crippen LogP contribution in [-0.2, 0) is 9.63 Å². The summed E-state index contributed by atoms with van der Waals surface area (Å²) in [5.74, 6) is -0.823. The van der Waals surface area contributed by atoms with Crippen molar-refractivity contribution in [2.75, 3.05) is 6.61 Å². The van der Waals surface area contributed by atoms with Crippen molar-refractivity contribution in [1.29, 1.82) is 0 Å². The van der Waals surface area contributed by atoms with Gasteiger partial charge in [-0.15, -0.1) is 0 Å². The second-order valence-corrected chi connectivity index (χ2v) is 3.60. The van der Waals surface area contributed by atoms with Crippen LogP contribution in [-0.4, -0.2) is 12.5 Å². The Labute approximate surface area is 93.5 Å². The van der Waals surface area contributed by atoms with E-state index in [0.717, 1.165) is 5.56 Å². The molecule has 0 fully saturated rings. The largest absolute Gasteiger partial charge is 0.368 e. The van der Waals surface area contributed by atoms with E-state index < -0.39 is 5.91 Å². The number of hydroxylamine groups is 1. The average Bonchev–Trinajstić information content (AvgIpc) is 2.21. The Bertz CT molecular complexity index is 382. The van der Waals surface area contributed by atoms with Gasteiger partial charge in [0.25, 0.3) is 0 Å². The predicted molar refractivity (Wildman–Crippen MR) is 57.8 cm³/mol. The van der Waals surface area contributed by atoms with E-state index in [1.165, 1.54) is 6.07 Å². The van der Waals surface area contributed by atoms with Crippen LogP contribution in [0.2, 0.25) is 0 Å². The first kappa shape index (κ1) is 12.6. The summed E-state index contributed by atoms with van der Waals surface area (Å²) < 4.78 is 13.2. The van der Waals surface area contributed by atoms with E-state index >= 15 is 0 Å². The number of nitrogens with two attached hydrogens (primary N) is 1. The molecule has 4 nitrogen and oxygen atoms in total. The minimum atomic E-state index is -0.560. The van der Waals surface area contributed by atoms with E-state index in [2.05, 4.69) is 5.48 Å². The molecule has 5 heteroatoms. The van der Waals surface area contributed by atoms with Crippen molar-refractivity contribution >= 4 is 5.91 Å². The number of nitrogens with one attached hydrogen (secondary N) is 1. The summed E-state index contributed by atoms with van der Waals surface area (Å²) in [7, 11) is 0. The summed E-state index contributed by atoms with van der Waals surface area (Å²) in [6.07, 6.45) is 0. The number of primary amides is 1. The maximum Gasteiger partial charge on any atom is 0.245 e. The zero-order valence-corrected chi connectivity index (χ0v) is 9.29. The smallest absolute Gasteiger partial charge is 0.245 e. The van der Waals surface area contributed by atoms with Gasteiger partial charge < -0.3 is 5.73 Å². The van der Waals surface area contributed by atoms with E-state index in [1.54, 1.807) is 26.0 Å². The van der Waals surface area contributed by atoms with Gasteiger partial charge in [0, 0.05) is 0 Å². The first-order valence-electron chi connectivity index (χ1n) is 4.92. The Hall–Kier alpha value is -1.46. The Morgan fingerprint density at radius 2 is 2.31 bits per heavy atom. The minimum Gasteiger partial charge on any atom is -0.368 e. The monoisotopic (exact) mass is 226 g/mol. The summed E-state index contributed by atoms with van der Waals surface area (Å²) in [6.45, 7) is 3.28. The van der Waals surface area contributed by atoms with Gasteiger partial charge in [0.15, 0.2) is 0 Å². The molecule has 88 valence electrons. The van der Waals surface area contributed by atoms with Crippen LogP contribution in [0.15, 0.2) is 18.2 Å². The number of hydrogen-bond donors (Lipinski definition) is 2. The lowest BCUT2D eigenvalue weighted by atomic mass is 10.1. The molecule has 0 bridgehead atoms. The molecule has 0 aromatic heterocycles. The molecule has 1 amide bonds. The number of carbonyl (C=O) groups excluding carboxylic acids is 1. The molecule has 0 saturated carbocycles. The lowest BCUT2D eigenvalue weighted by molar-refractivity contribution is -0.126. The van der Waals surface area contributed by atoms with Crippen molar-refractivity contribution in [3.8, 4) is 0 Å². The van der Waals surface area contributed by atoms with Gasteiger partial charge in [-0.25, -0.2) is 4.39 Å². The Morgan fingerprint density at radius 3 is 2.88 bits per heavy atom. The van der Waals surface area contributed by atoms with Gasteiger partial charge in [-0.1, -0.05) is 12.1 Å². The van der Waals surface area contributed by atoms with Gasteiger partial charge in [-0.2, -0.15) is 5.48 Å². The zero-order valence-electron chi connectivity index (χ0n) is 9.29. The van der Waals surface area contributed by atoms with Crippen LogP contribution in [0.25, 0.3) is 0 Å². The molecule has 1 aromatic rings. The topological polar surface area (TPSA) is 64.3 Å². The van der Waals surface area contributed by atoms with Crippen molar-refractivity contribution < 1.29 is 14.0 Å². The fourth-order valence-electron chi connectivity index (χ4n) is 1.18. The number of rotatable bonds is 5. The molecule has 1 aromatic carbocycles. The number of carbonyl (C=O) groups is 1. The molecule has 0 aliphatic heterocycles. The molecule has 0 radical (unpaired) electrons.